The topological polar surface area (TPSA) is 17.1 Å². The standard InChI is InChI=1S/C39H32O/c1-2-3-4-8-15-30-22-31(24-36(23-30)33-16-9-5-10-17-33)27-39(40)28-32-25-37(34-18-11-6-12-19-34)29-38(26-32)35-20-13-7-14-21-35/h2-26,29H,1,27-28H2/b4-3-,15-8+. The molecule has 5 aromatic rings. The highest BCUT2D eigenvalue weighted by atomic mass is 16.1. The van der Waals surface area contributed by atoms with Crippen LogP contribution >= 0.6 is 0 Å². The zero-order valence-electron chi connectivity index (χ0n) is 22.5. The number of carbonyl (C=O) groups is 1. The van der Waals surface area contributed by atoms with E-state index in [1.54, 1.807) is 6.08 Å². The second kappa shape index (κ2) is 13.2. The van der Waals surface area contributed by atoms with Crippen molar-refractivity contribution >= 4 is 11.9 Å². The van der Waals surface area contributed by atoms with Crippen LogP contribution in [0.4, 0.5) is 0 Å². The summed E-state index contributed by atoms with van der Waals surface area (Å²) in [4.78, 5) is 13.5. The SMILES string of the molecule is C=C/C=C\C=C\c1cc(CC(=O)Cc2cc(-c3ccccc3)cc(-c3ccccc3)c2)cc(-c2ccccc2)c1. The summed E-state index contributed by atoms with van der Waals surface area (Å²) >= 11 is 0. The Hall–Kier alpha value is -5.01. The first-order valence-corrected chi connectivity index (χ1v) is 13.6. The molecule has 194 valence electrons. The Bertz CT molecular complexity index is 1580. The fourth-order valence-corrected chi connectivity index (χ4v) is 4.93. The molecule has 1 nitrogen and oxygen atoms in total. The lowest BCUT2D eigenvalue weighted by Gasteiger charge is -2.12. The zero-order valence-corrected chi connectivity index (χ0v) is 22.5. The third-order valence-electron chi connectivity index (χ3n) is 6.78. The number of hydrogen-bond donors (Lipinski definition) is 0. The Kier molecular flexibility index (Phi) is 8.76. The Morgan fingerprint density at radius 2 is 0.950 bits per heavy atom. The fraction of sp³-hybridized carbons (Fsp3) is 0.0513. The van der Waals surface area contributed by atoms with Crippen molar-refractivity contribution in [2.75, 3.05) is 0 Å². The van der Waals surface area contributed by atoms with Crippen LogP contribution in [-0.2, 0) is 17.6 Å². The predicted molar refractivity (Wildman–Crippen MR) is 170 cm³/mol. The summed E-state index contributed by atoms with van der Waals surface area (Å²) in [6.45, 7) is 3.73. The van der Waals surface area contributed by atoms with Gasteiger partial charge in [-0.1, -0.05) is 152 Å². The molecule has 0 saturated carbocycles. The molecule has 0 unspecified atom stereocenters. The van der Waals surface area contributed by atoms with Crippen LogP contribution in [0.3, 0.4) is 0 Å². The van der Waals surface area contributed by atoms with Gasteiger partial charge >= 0.3 is 0 Å². The molecule has 40 heavy (non-hydrogen) atoms. The molecule has 0 N–H and O–H groups in total. The highest BCUT2D eigenvalue weighted by Gasteiger charge is 2.11. The first kappa shape index (κ1) is 26.6. The minimum absolute atomic E-state index is 0.191. The van der Waals surface area contributed by atoms with Crippen LogP contribution in [-0.4, -0.2) is 5.78 Å². The summed E-state index contributed by atoms with van der Waals surface area (Å²) in [5, 5.41) is 0. The summed E-state index contributed by atoms with van der Waals surface area (Å²) in [7, 11) is 0. The number of rotatable bonds is 10. The largest absolute Gasteiger partial charge is 0.299 e. The van der Waals surface area contributed by atoms with Crippen molar-refractivity contribution < 1.29 is 4.79 Å². The maximum Gasteiger partial charge on any atom is 0.141 e. The predicted octanol–water partition coefficient (Wildman–Crippen LogP) is 9.80. The lowest BCUT2D eigenvalue weighted by atomic mass is 9.92. The summed E-state index contributed by atoms with van der Waals surface area (Å²) in [5.74, 6) is 0.191. The van der Waals surface area contributed by atoms with Gasteiger partial charge in [0.05, 0.1) is 0 Å². The van der Waals surface area contributed by atoms with Crippen molar-refractivity contribution in [2.45, 2.75) is 12.8 Å². The number of Topliss-reactive ketones (excluding diaryl/α,β-unsaturated/α-hetero) is 1. The van der Waals surface area contributed by atoms with E-state index in [-0.39, 0.29) is 5.78 Å². The summed E-state index contributed by atoms with van der Waals surface area (Å²) in [5.41, 5.74) is 9.88. The van der Waals surface area contributed by atoms with Crippen LogP contribution in [0.15, 0.2) is 158 Å². The maximum absolute atomic E-state index is 13.5. The molecule has 1 heteroatoms. The molecule has 0 radical (unpaired) electrons. The molecule has 5 rings (SSSR count). The summed E-state index contributed by atoms with van der Waals surface area (Å²) in [6, 6.07) is 43.9. The third-order valence-corrected chi connectivity index (χ3v) is 6.78. The van der Waals surface area contributed by atoms with Gasteiger partial charge in [-0.2, -0.15) is 0 Å². The number of hydrogen-bond acceptors (Lipinski definition) is 1. The van der Waals surface area contributed by atoms with Gasteiger partial charge in [0, 0.05) is 12.8 Å². The quantitative estimate of drug-likeness (QED) is 0.169. The molecule has 0 aromatic heterocycles. The maximum atomic E-state index is 13.5. The van der Waals surface area contributed by atoms with E-state index in [1.807, 2.05) is 72.8 Å². The molecule has 0 heterocycles. The van der Waals surface area contributed by atoms with Crippen LogP contribution in [0, 0.1) is 0 Å². The average molecular weight is 517 g/mol. The second-order valence-electron chi connectivity index (χ2n) is 9.85. The molecule has 0 aliphatic rings. The van der Waals surface area contributed by atoms with Crippen LogP contribution in [0.2, 0.25) is 0 Å². The minimum Gasteiger partial charge on any atom is -0.299 e. The van der Waals surface area contributed by atoms with Gasteiger partial charge in [0.15, 0.2) is 0 Å². The molecule has 5 aromatic carbocycles. The highest BCUT2D eigenvalue weighted by Crippen LogP contribution is 2.29. The zero-order chi connectivity index (χ0) is 27.6. The van der Waals surface area contributed by atoms with E-state index >= 15 is 0 Å². The molecule has 0 aliphatic carbocycles. The van der Waals surface area contributed by atoms with Crippen molar-refractivity contribution in [1.82, 2.24) is 0 Å². The van der Waals surface area contributed by atoms with Gasteiger partial charge < -0.3 is 0 Å². The molecule has 0 spiro atoms. The number of ketones is 1. The lowest BCUT2D eigenvalue weighted by Crippen LogP contribution is -2.07. The summed E-state index contributed by atoms with van der Waals surface area (Å²) < 4.78 is 0. The van der Waals surface area contributed by atoms with Crippen LogP contribution in [0.5, 0.6) is 0 Å². The molecule has 0 atom stereocenters. The van der Waals surface area contributed by atoms with Crippen molar-refractivity contribution in [3.63, 3.8) is 0 Å². The van der Waals surface area contributed by atoms with E-state index < -0.39 is 0 Å². The van der Waals surface area contributed by atoms with Crippen molar-refractivity contribution in [3.05, 3.63) is 175 Å². The molecule has 0 amide bonds. The van der Waals surface area contributed by atoms with Crippen LogP contribution in [0.1, 0.15) is 16.7 Å². The summed E-state index contributed by atoms with van der Waals surface area (Å²) in [6.07, 6.45) is 10.4. The van der Waals surface area contributed by atoms with Crippen molar-refractivity contribution in [3.8, 4) is 33.4 Å². The smallest absolute Gasteiger partial charge is 0.141 e. The minimum atomic E-state index is 0.191. The van der Waals surface area contributed by atoms with Gasteiger partial charge in [-0.25, -0.2) is 0 Å². The Morgan fingerprint density at radius 1 is 0.500 bits per heavy atom. The van der Waals surface area contributed by atoms with Crippen molar-refractivity contribution in [2.24, 2.45) is 0 Å². The molecule has 0 aliphatic heterocycles. The molecule has 0 saturated heterocycles. The lowest BCUT2D eigenvalue weighted by molar-refractivity contribution is -0.117. The van der Waals surface area contributed by atoms with E-state index in [4.69, 9.17) is 0 Å². The molecule has 0 fully saturated rings. The van der Waals surface area contributed by atoms with Gasteiger partial charge in [0.1, 0.15) is 5.78 Å². The normalized spacial score (nSPS) is 11.2. The van der Waals surface area contributed by atoms with Crippen LogP contribution < -0.4 is 0 Å². The Labute approximate surface area is 237 Å². The van der Waals surface area contributed by atoms with Gasteiger partial charge in [-0.3, -0.25) is 4.79 Å². The van der Waals surface area contributed by atoms with Crippen molar-refractivity contribution in [1.29, 1.82) is 0 Å². The van der Waals surface area contributed by atoms with Gasteiger partial charge in [0.25, 0.3) is 0 Å². The molecular formula is C39H32O. The Morgan fingerprint density at radius 3 is 1.43 bits per heavy atom. The van der Waals surface area contributed by atoms with Gasteiger partial charge in [-0.05, 0) is 62.2 Å². The average Bonchev–Trinajstić information content (AvgIpc) is 3.00. The molecule has 0 bridgehead atoms. The van der Waals surface area contributed by atoms with E-state index in [9.17, 15) is 4.79 Å². The van der Waals surface area contributed by atoms with E-state index in [0.29, 0.717) is 12.8 Å². The number of carbonyl (C=O) groups excluding carboxylic acids is 1. The fourth-order valence-electron chi connectivity index (χ4n) is 4.93. The van der Waals surface area contributed by atoms with E-state index in [1.165, 1.54) is 0 Å². The van der Waals surface area contributed by atoms with E-state index in [0.717, 1.165) is 50.1 Å². The number of benzene rings is 5. The third kappa shape index (κ3) is 7.09. The van der Waals surface area contributed by atoms with Crippen LogP contribution in [0.25, 0.3) is 39.5 Å². The first-order chi connectivity index (χ1) is 19.7. The van der Waals surface area contributed by atoms with E-state index in [2.05, 4.69) is 85.5 Å². The number of allylic oxidation sites excluding steroid dienone is 4. The first-order valence-electron chi connectivity index (χ1n) is 13.6. The van der Waals surface area contributed by atoms with Gasteiger partial charge in [0.2, 0.25) is 0 Å². The highest BCUT2D eigenvalue weighted by molar-refractivity contribution is 5.85. The van der Waals surface area contributed by atoms with Gasteiger partial charge in [-0.15, -0.1) is 0 Å². The Balaban J connectivity index is 1.44. The molecular weight excluding hydrogens is 484 g/mol. The second-order valence-corrected chi connectivity index (χ2v) is 9.85. The monoisotopic (exact) mass is 516 g/mol.